The molecule has 1 amide bonds. The van der Waals surface area contributed by atoms with Crippen LogP contribution in [-0.2, 0) is 24.5 Å². The molecule has 0 unspecified atom stereocenters. The van der Waals surface area contributed by atoms with Crippen LogP contribution in [0.25, 0.3) is 0 Å². The minimum absolute atomic E-state index is 0.0667. The second kappa shape index (κ2) is 16.8. The zero-order valence-corrected chi connectivity index (χ0v) is 29.1. The molecule has 0 bridgehead atoms. The van der Waals surface area contributed by atoms with Crippen LogP contribution in [-0.4, -0.2) is 80.0 Å². The second-order valence-corrected chi connectivity index (χ2v) is 12.0. The average Bonchev–Trinajstić information content (AvgIpc) is 3.50. The molecule has 0 aliphatic carbocycles. The van der Waals surface area contributed by atoms with Crippen molar-refractivity contribution in [1.29, 1.82) is 0 Å². The molecule has 270 valence electrons. The van der Waals surface area contributed by atoms with E-state index in [9.17, 15) is 14.7 Å². The molecule has 4 atom stereocenters. The van der Waals surface area contributed by atoms with E-state index in [2.05, 4.69) is 10.3 Å². The Labute approximate surface area is 301 Å². The van der Waals surface area contributed by atoms with Crippen molar-refractivity contribution in [3.8, 4) is 11.5 Å². The highest BCUT2D eigenvalue weighted by Crippen LogP contribution is 2.43. The zero-order chi connectivity index (χ0) is 36.5. The number of aliphatic hydroxyl groups is 1. The SMILES string of the molecule is COCCO[C@@H]1[C@H](O)[C@H](COC(c2ccccc2)(c2ccc(OC)cc2)c2ccc(OC)cc2)O[C@H]1n1ccc(NC(=O)c2ccccc2)nc1=O. The number of benzene rings is 4. The number of nitrogens with one attached hydrogen (secondary N) is 1. The molecule has 1 saturated heterocycles. The van der Waals surface area contributed by atoms with E-state index >= 15 is 0 Å². The van der Waals surface area contributed by atoms with Gasteiger partial charge in [-0.25, -0.2) is 4.79 Å². The van der Waals surface area contributed by atoms with Crippen LogP contribution in [0.4, 0.5) is 5.82 Å². The van der Waals surface area contributed by atoms with E-state index in [0.29, 0.717) is 17.1 Å². The molecule has 0 radical (unpaired) electrons. The van der Waals surface area contributed by atoms with Crippen LogP contribution in [0, 0.1) is 0 Å². The molecule has 52 heavy (non-hydrogen) atoms. The van der Waals surface area contributed by atoms with Gasteiger partial charge >= 0.3 is 5.69 Å². The van der Waals surface area contributed by atoms with E-state index in [-0.39, 0.29) is 25.6 Å². The van der Waals surface area contributed by atoms with Gasteiger partial charge in [-0.1, -0.05) is 72.8 Å². The van der Waals surface area contributed by atoms with Crippen molar-refractivity contribution in [3.05, 3.63) is 154 Å². The summed E-state index contributed by atoms with van der Waals surface area (Å²) < 4.78 is 36.8. The molecule has 1 aliphatic heterocycles. The molecule has 1 fully saturated rings. The molecule has 5 aromatic rings. The van der Waals surface area contributed by atoms with Gasteiger partial charge in [-0.3, -0.25) is 9.36 Å². The third-order valence-corrected chi connectivity index (χ3v) is 8.93. The first-order valence-electron chi connectivity index (χ1n) is 16.8. The Morgan fingerprint density at radius 2 is 1.38 bits per heavy atom. The van der Waals surface area contributed by atoms with Crippen molar-refractivity contribution >= 4 is 11.7 Å². The van der Waals surface area contributed by atoms with Gasteiger partial charge in [-0.2, -0.15) is 4.98 Å². The monoisotopic (exact) mass is 707 g/mol. The molecule has 0 saturated carbocycles. The van der Waals surface area contributed by atoms with Crippen molar-refractivity contribution < 1.29 is 38.3 Å². The summed E-state index contributed by atoms with van der Waals surface area (Å²) in [5, 5.41) is 14.4. The summed E-state index contributed by atoms with van der Waals surface area (Å²) in [5.41, 5.74) is 0.965. The highest BCUT2D eigenvalue weighted by molar-refractivity contribution is 6.03. The summed E-state index contributed by atoms with van der Waals surface area (Å²) >= 11 is 0. The average molecular weight is 708 g/mol. The van der Waals surface area contributed by atoms with Gasteiger partial charge in [0, 0.05) is 18.9 Å². The van der Waals surface area contributed by atoms with Crippen molar-refractivity contribution in [3.63, 3.8) is 0 Å². The van der Waals surface area contributed by atoms with Crippen molar-refractivity contribution in [2.75, 3.05) is 46.5 Å². The molecule has 2 heterocycles. The lowest BCUT2D eigenvalue weighted by molar-refractivity contribution is -0.0993. The van der Waals surface area contributed by atoms with E-state index < -0.39 is 41.7 Å². The van der Waals surface area contributed by atoms with E-state index in [1.807, 2.05) is 78.9 Å². The number of ether oxygens (including phenoxy) is 6. The number of hydrogen-bond donors (Lipinski definition) is 2. The molecule has 4 aromatic carbocycles. The quantitative estimate of drug-likeness (QED) is 0.115. The topological polar surface area (TPSA) is 140 Å². The fraction of sp³-hybridized carbons (Fsp3) is 0.275. The maximum Gasteiger partial charge on any atom is 0.351 e. The Hall–Kier alpha value is -5.37. The lowest BCUT2D eigenvalue weighted by Gasteiger charge is -2.37. The number of carbonyl (C=O) groups excluding carboxylic acids is 1. The van der Waals surface area contributed by atoms with Crippen molar-refractivity contribution in [2.45, 2.75) is 30.1 Å². The third kappa shape index (κ3) is 7.76. The fourth-order valence-electron chi connectivity index (χ4n) is 6.26. The normalized spacial score (nSPS) is 18.5. The van der Waals surface area contributed by atoms with Gasteiger partial charge in [-0.15, -0.1) is 0 Å². The molecule has 12 nitrogen and oxygen atoms in total. The fourth-order valence-corrected chi connectivity index (χ4v) is 6.26. The number of nitrogens with zero attached hydrogens (tertiary/aromatic N) is 2. The van der Waals surface area contributed by atoms with Crippen LogP contribution in [0.1, 0.15) is 33.3 Å². The van der Waals surface area contributed by atoms with Gasteiger partial charge in [0.2, 0.25) is 0 Å². The lowest BCUT2D eigenvalue weighted by atomic mass is 9.80. The third-order valence-electron chi connectivity index (χ3n) is 8.93. The summed E-state index contributed by atoms with van der Waals surface area (Å²) in [6, 6.07) is 35.0. The molecule has 12 heteroatoms. The van der Waals surface area contributed by atoms with Crippen LogP contribution in [0.2, 0.25) is 0 Å². The number of carbonyl (C=O) groups is 1. The van der Waals surface area contributed by atoms with Crippen molar-refractivity contribution in [1.82, 2.24) is 9.55 Å². The smallest absolute Gasteiger partial charge is 0.351 e. The molecule has 1 aromatic heterocycles. The first-order valence-corrected chi connectivity index (χ1v) is 16.8. The highest BCUT2D eigenvalue weighted by atomic mass is 16.6. The summed E-state index contributed by atoms with van der Waals surface area (Å²) in [4.78, 5) is 30.2. The van der Waals surface area contributed by atoms with Gasteiger partial charge in [0.15, 0.2) is 6.23 Å². The van der Waals surface area contributed by atoms with Crippen LogP contribution < -0.4 is 20.5 Å². The molecular weight excluding hydrogens is 666 g/mol. The van der Waals surface area contributed by atoms with E-state index in [4.69, 9.17) is 28.4 Å². The Bertz CT molecular complexity index is 1910. The molecule has 2 N–H and O–H groups in total. The minimum atomic E-state index is -1.22. The highest BCUT2D eigenvalue weighted by Gasteiger charge is 2.48. The lowest BCUT2D eigenvalue weighted by Crippen LogP contribution is -2.41. The Balaban J connectivity index is 1.33. The molecule has 6 rings (SSSR count). The number of methoxy groups -OCH3 is 3. The number of rotatable bonds is 15. The number of amides is 1. The largest absolute Gasteiger partial charge is 0.497 e. The van der Waals surface area contributed by atoms with Gasteiger partial charge in [0.1, 0.15) is 41.2 Å². The first kappa shape index (κ1) is 36.4. The van der Waals surface area contributed by atoms with E-state index in [1.54, 1.807) is 44.6 Å². The van der Waals surface area contributed by atoms with Crippen LogP contribution >= 0.6 is 0 Å². The first-order chi connectivity index (χ1) is 25.4. The Kier molecular flexibility index (Phi) is 11.7. The standard InChI is InChI=1S/C40H41N3O9/c1-47-24-25-50-36-35(44)33(52-38(36)43-23-22-34(42-39(43)46)41-37(45)27-10-6-4-7-11-27)26-51-40(28-12-8-5-9-13-28,29-14-18-31(48-2)19-15-29)30-16-20-32(49-3)21-17-30/h4-23,33,35-36,38,44H,24-26H2,1-3H3,(H,41,42,45,46)/t33-,35+,36+,38+/m0/s1. The predicted octanol–water partition coefficient (Wildman–Crippen LogP) is 4.81. The van der Waals surface area contributed by atoms with Gasteiger partial charge in [0.05, 0.1) is 34.0 Å². The zero-order valence-electron chi connectivity index (χ0n) is 29.1. The number of hydrogen-bond acceptors (Lipinski definition) is 10. The summed E-state index contributed by atoms with van der Waals surface area (Å²) in [6.07, 6.45) is -2.77. The maximum absolute atomic E-state index is 13.4. The summed E-state index contributed by atoms with van der Waals surface area (Å²) in [7, 11) is 4.75. The molecule has 1 aliphatic rings. The van der Waals surface area contributed by atoms with Crippen LogP contribution in [0.3, 0.4) is 0 Å². The number of aliphatic hydroxyl groups excluding tert-OH is 1. The predicted molar refractivity (Wildman–Crippen MR) is 193 cm³/mol. The second-order valence-electron chi connectivity index (χ2n) is 12.0. The number of anilines is 1. The Morgan fingerprint density at radius 3 is 1.94 bits per heavy atom. The molecular formula is C40H41N3O9. The molecule has 0 spiro atoms. The van der Waals surface area contributed by atoms with Crippen LogP contribution in [0.5, 0.6) is 11.5 Å². The van der Waals surface area contributed by atoms with Crippen molar-refractivity contribution in [2.24, 2.45) is 0 Å². The Morgan fingerprint density at radius 1 is 0.808 bits per heavy atom. The van der Waals surface area contributed by atoms with Gasteiger partial charge in [0.25, 0.3) is 5.91 Å². The maximum atomic E-state index is 13.4. The van der Waals surface area contributed by atoms with Gasteiger partial charge < -0.3 is 38.8 Å². The summed E-state index contributed by atoms with van der Waals surface area (Å²) in [6.45, 7) is 0.271. The number of aromatic nitrogens is 2. The van der Waals surface area contributed by atoms with E-state index in [1.165, 1.54) is 23.9 Å². The van der Waals surface area contributed by atoms with Crippen LogP contribution in [0.15, 0.2) is 126 Å². The van der Waals surface area contributed by atoms with Gasteiger partial charge in [-0.05, 0) is 59.2 Å². The summed E-state index contributed by atoms with van der Waals surface area (Å²) in [5.74, 6) is 1.01. The van der Waals surface area contributed by atoms with E-state index in [0.717, 1.165) is 16.7 Å². The minimum Gasteiger partial charge on any atom is -0.497 e.